The summed E-state index contributed by atoms with van der Waals surface area (Å²) in [6, 6.07) is 7.41. The zero-order chi connectivity index (χ0) is 28.6. The van der Waals surface area contributed by atoms with Crippen molar-refractivity contribution in [2.75, 3.05) is 0 Å². The summed E-state index contributed by atoms with van der Waals surface area (Å²) in [6.07, 6.45) is 3.78. The van der Waals surface area contributed by atoms with Gasteiger partial charge in [-0.1, -0.05) is 31.9 Å². The molecule has 40 heavy (non-hydrogen) atoms. The van der Waals surface area contributed by atoms with E-state index in [-0.39, 0.29) is 22.6 Å². The van der Waals surface area contributed by atoms with Gasteiger partial charge in [-0.3, -0.25) is 0 Å². The SMILES string of the molecule is CC1CCC(C2CCC(c3ccc(C(F)(F)Oc4ccc(-c5ccc(F)c(F)c5)c(F)c4)c(F)c3F)CC2)CC1. The van der Waals surface area contributed by atoms with Crippen molar-refractivity contribution < 1.29 is 35.5 Å². The molecule has 214 valence electrons. The Morgan fingerprint density at radius 2 is 1.30 bits per heavy atom. The van der Waals surface area contributed by atoms with Gasteiger partial charge in [0.05, 0.1) is 0 Å². The third-order valence-corrected chi connectivity index (χ3v) is 8.78. The average Bonchev–Trinajstić information content (AvgIpc) is 2.92. The molecule has 3 aromatic carbocycles. The summed E-state index contributed by atoms with van der Waals surface area (Å²) in [7, 11) is 0. The van der Waals surface area contributed by atoms with E-state index in [9.17, 15) is 26.3 Å². The summed E-state index contributed by atoms with van der Waals surface area (Å²) < 4.78 is 106. The summed E-state index contributed by atoms with van der Waals surface area (Å²) in [5, 5.41) is 0. The Morgan fingerprint density at radius 1 is 0.650 bits per heavy atom. The first-order valence-corrected chi connectivity index (χ1v) is 13.8. The van der Waals surface area contributed by atoms with Crippen LogP contribution in [0, 0.1) is 46.8 Å². The molecule has 2 aliphatic carbocycles. The van der Waals surface area contributed by atoms with Gasteiger partial charge in [0.1, 0.15) is 17.1 Å². The molecule has 0 spiro atoms. The van der Waals surface area contributed by atoms with Crippen LogP contribution in [0.4, 0.5) is 30.7 Å². The minimum atomic E-state index is -4.30. The number of hydrogen-bond donors (Lipinski definition) is 0. The molecule has 0 aliphatic heterocycles. The van der Waals surface area contributed by atoms with Gasteiger partial charge in [-0.25, -0.2) is 22.0 Å². The van der Waals surface area contributed by atoms with Gasteiger partial charge in [0.15, 0.2) is 23.3 Å². The van der Waals surface area contributed by atoms with E-state index in [1.165, 1.54) is 31.7 Å². The molecule has 5 rings (SSSR count). The molecule has 0 radical (unpaired) electrons. The van der Waals surface area contributed by atoms with Crippen LogP contribution >= 0.6 is 0 Å². The van der Waals surface area contributed by atoms with Crippen LogP contribution in [0.15, 0.2) is 48.5 Å². The van der Waals surface area contributed by atoms with Crippen LogP contribution in [-0.2, 0) is 6.11 Å². The van der Waals surface area contributed by atoms with Crippen LogP contribution in [-0.4, -0.2) is 0 Å². The fourth-order valence-corrected chi connectivity index (χ4v) is 6.42. The number of benzene rings is 3. The van der Waals surface area contributed by atoms with Crippen LogP contribution in [0.25, 0.3) is 11.1 Å². The van der Waals surface area contributed by atoms with E-state index >= 15 is 4.39 Å². The number of halogens is 7. The highest BCUT2D eigenvalue weighted by Gasteiger charge is 2.40. The maximum atomic E-state index is 15.1. The molecule has 8 heteroatoms. The summed E-state index contributed by atoms with van der Waals surface area (Å²) >= 11 is 0. The summed E-state index contributed by atoms with van der Waals surface area (Å²) in [4.78, 5) is 0. The van der Waals surface area contributed by atoms with E-state index in [1.54, 1.807) is 0 Å². The highest BCUT2D eigenvalue weighted by molar-refractivity contribution is 5.65. The first-order chi connectivity index (χ1) is 19.0. The number of ether oxygens (including phenoxy) is 1. The minimum Gasteiger partial charge on any atom is -0.429 e. The Bertz CT molecular complexity index is 1360. The van der Waals surface area contributed by atoms with E-state index in [0.717, 1.165) is 55.2 Å². The van der Waals surface area contributed by atoms with E-state index in [0.29, 0.717) is 30.7 Å². The second-order valence-electron chi connectivity index (χ2n) is 11.4. The quantitative estimate of drug-likeness (QED) is 0.271. The smallest absolute Gasteiger partial charge is 0.429 e. The van der Waals surface area contributed by atoms with Gasteiger partial charge in [0, 0.05) is 11.6 Å². The van der Waals surface area contributed by atoms with Crippen molar-refractivity contribution in [2.24, 2.45) is 17.8 Å². The average molecular weight is 565 g/mol. The second kappa shape index (κ2) is 11.5. The molecule has 0 saturated heterocycles. The molecule has 0 atom stereocenters. The van der Waals surface area contributed by atoms with Gasteiger partial charge in [-0.2, -0.15) is 8.78 Å². The van der Waals surface area contributed by atoms with Crippen LogP contribution in [0.2, 0.25) is 0 Å². The maximum absolute atomic E-state index is 15.1. The molecule has 3 aromatic rings. The minimum absolute atomic E-state index is 0.0132. The molecule has 0 amide bonds. The van der Waals surface area contributed by atoms with Crippen LogP contribution in [0.5, 0.6) is 5.75 Å². The summed E-state index contributed by atoms with van der Waals surface area (Å²) in [5.41, 5.74) is -1.39. The van der Waals surface area contributed by atoms with Gasteiger partial charge in [0.25, 0.3) is 0 Å². The number of hydrogen-bond acceptors (Lipinski definition) is 1. The molecular formula is C32H31F7O. The zero-order valence-corrected chi connectivity index (χ0v) is 22.1. The number of alkyl halides is 2. The molecule has 0 heterocycles. The van der Waals surface area contributed by atoms with E-state index in [4.69, 9.17) is 0 Å². The highest BCUT2D eigenvalue weighted by atomic mass is 19.3. The Labute approximate surface area is 229 Å². The Kier molecular flexibility index (Phi) is 8.16. The van der Waals surface area contributed by atoms with Crippen LogP contribution in [0.3, 0.4) is 0 Å². The predicted molar refractivity (Wildman–Crippen MR) is 138 cm³/mol. The lowest BCUT2D eigenvalue weighted by Crippen LogP contribution is -2.26. The monoisotopic (exact) mass is 564 g/mol. The maximum Gasteiger partial charge on any atom is 0.429 e. The molecule has 2 fully saturated rings. The predicted octanol–water partition coefficient (Wildman–Crippen LogP) is 10.3. The highest BCUT2D eigenvalue weighted by Crippen LogP contribution is 2.45. The lowest BCUT2D eigenvalue weighted by atomic mass is 9.68. The largest absolute Gasteiger partial charge is 0.429 e. The van der Waals surface area contributed by atoms with Gasteiger partial charge in [0.2, 0.25) is 0 Å². The van der Waals surface area contributed by atoms with Crippen molar-refractivity contribution in [3.05, 3.63) is 88.7 Å². The Balaban J connectivity index is 1.28. The van der Waals surface area contributed by atoms with Crippen molar-refractivity contribution in [3.63, 3.8) is 0 Å². The van der Waals surface area contributed by atoms with Gasteiger partial charge >= 0.3 is 6.11 Å². The molecule has 1 nitrogen and oxygen atoms in total. The normalized spacial score (nSPS) is 23.7. The molecule has 0 unspecified atom stereocenters. The molecular weight excluding hydrogens is 533 g/mol. The third-order valence-electron chi connectivity index (χ3n) is 8.78. The standard InChI is InChI=1S/C32H31F7O/c1-18-2-4-19(5-3-18)20-6-8-21(9-7-20)25-13-14-26(31(37)30(25)36)32(38,39)40-23-11-12-24(28(34)17-23)22-10-15-27(33)29(35)16-22/h10-21H,2-9H2,1H3. The van der Waals surface area contributed by atoms with Crippen molar-refractivity contribution in [1.29, 1.82) is 0 Å². The lowest BCUT2D eigenvalue weighted by Gasteiger charge is -2.37. The second-order valence-corrected chi connectivity index (χ2v) is 11.4. The zero-order valence-electron chi connectivity index (χ0n) is 22.1. The first kappa shape index (κ1) is 28.5. The molecule has 0 N–H and O–H groups in total. The van der Waals surface area contributed by atoms with Crippen LogP contribution < -0.4 is 4.74 Å². The van der Waals surface area contributed by atoms with Gasteiger partial charge in [-0.15, -0.1) is 0 Å². The lowest BCUT2D eigenvalue weighted by molar-refractivity contribution is -0.187. The summed E-state index contributed by atoms with van der Waals surface area (Å²) in [5.74, 6) is -5.24. The summed E-state index contributed by atoms with van der Waals surface area (Å²) in [6.45, 7) is 2.27. The first-order valence-electron chi connectivity index (χ1n) is 13.8. The molecule has 0 aromatic heterocycles. The topological polar surface area (TPSA) is 9.23 Å². The van der Waals surface area contributed by atoms with Gasteiger partial charge in [-0.05, 0) is 104 Å². The molecule has 2 aliphatic rings. The third kappa shape index (κ3) is 5.86. The molecule has 0 bridgehead atoms. The van der Waals surface area contributed by atoms with E-state index in [2.05, 4.69) is 11.7 Å². The Hall–Kier alpha value is -3.03. The van der Waals surface area contributed by atoms with Crippen molar-refractivity contribution in [3.8, 4) is 16.9 Å². The van der Waals surface area contributed by atoms with Crippen LogP contribution in [0.1, 0.15) is 75.3 Å². The van der Waals surface area contributed by atoms with Gasteiger partial charge < -0.3 is 4.74 Å². The molecule has 2 saturated carbocycles. The van der Waals surface area contributed by atoms with Crippen molar-refractivity contribution >= 4 is 0 Å². The van der Waals surface area contributed by atoms with Crippen molar-refractivity contribution in [2.45, 2.75) is 70.3 Å². The number of rotatable bonds is 6. The van der Waals surface area contributed by atoms with Crippen molar-refractivity contribution in [1.82, 2.24) is 0 Å². The fourth-order valence-electron chi connectivity index (χ4n) is 6.42. The Morgan fingerprint density at radius 3 is 1.93 bits per heavy atom. The van der Waals surface area contributed by atoms with E-state index < -0.39 is 46.5 Å². The fraction of sp³-hybridized carbons (Fsp3) is 0.438. The van der Waals surface area contributed by atoms with E-state index in [1.807, 2.05) is 0 Å².